The van der Waals surface area contributed by atoms with Crippen LogP contribution in [0.15, 0.2) is 18.2 Å². The van der Waals surface area contributed by atoms with Gasteiger partial charge in [-0.1, -0.05) is 36.6 Å². The summed E-state index contributed by atoms with van der Waals surface area (Å²) >= 11 is 6.13. The lowest BCUT2D eigenvalue weighted by atomic mass is 9.99. The molecule has 19 heavy (non-hydrogen) atoms. The summed E-state index contributed by atoms with van der Waals surface area (Å²) < 4.78 is 0. The van der Waals surface area contributed by atoms with E-state index < -0.39 is 5.54 Å². The Kier molecular flexibility index (Phi) is 4.32. The first kappa shape index (κ1) is 14.2. The monoisotopic (exact) mass is 282 g/mol. The molecule has 1 aromatic carbocycles. The Morgan fingerprint density at radius 1 is 1.42 bits per heavy atom. The van der Waals surface area contributed by atoms with Crippen molar-refractivity contribution in [3.8, 4) is 0 Å². The van der Waals surface area contributed by atoms with Crippen molar-refractivity contribution < 1.29 is 9.90 Å². The standard InChI is InChI=1S/C14H19ClN2O2/c1-10-5-4-6-11(12(10)15)16-13(19)17-14(9-18)7-2-3-8-14/h4-6,18H,2-3,7-9H2,1H3,(H2,16,17,19). The molecule has 5 heteroatoms. The van der Waals surface area contributed by atoms with Gasteiger partial charge >= 0.3 is 6.03 Å². The highest BCUT2D eigenvalue weighted by atomic mass is 35.5. The molecule has 0 aromatic heterocycles. The highest BCUT2D eigenvalue weighted by molar-refractivity contribution is 6.34. The number of anilines is 1. The van der Waals surface area contributed by atoms with Gasteiger partial charge in [0.25, 0.3) is 0 Å². The third-order valence-electron chi connectivity index (χ3n) is 3.68. The number of hydrogen-bond acceptors (Lipinski definition) is 2. The van der Waals surface area contributed by atoms with Crippen molar-refractivity contribution in [1.82, 2.24) is 5.32 Å². The minimum absolute atomic E-state index is 0.0258. The summed E-state index contributed by atoms with van der Waals surface area (Å²) in [5.41, 5.74) is 1.03. The van der Waals surface area contributed by atoms with Gasteiger partial charge < -0.3 is 15.7 Å². The van der Waals surface area contributed by atoms with Crippen LogP contribution >= 0.6 is 11.6 Å². The van der Waals surface area contributed by atoms with Gasteiger partial charge in [-0.15, -0.1) is 0 Å². The molecule has 1 aromatic rings. The summed E-state index contributed by atoms with van der Waals surface area (Å²) in [6.07, 6.45) is 3.70. The van der Waals surface area contributed by atoms with Crippen molar-refractivity contribution in [2.24, 2.45) is 0 Å². The number of aliphatic hydroxyl groups excluding tert-OH is 1. The summed E-state index contributed by atoms with van der Waals surface area (Å²) in [5, 5.41) is 15.6. The van der Waals surface area contributed by atoms with Gasteiger partial charge in [-0.3, -0.25) is 0 Å². The van der Waals surface area contributed by atoms with E-state index in [9.17, 15) is 9.90 Å². The molecule has 2 rings (SSSR count). The van der Waals surface area contributed by atoms with Gasteiger partial charge in [0.05, 0.1) is 22.9 Å². The van der Waals surface area contributed by atoms with E-state index in [0.717, 1.165) is 31.2 Å². The lowest BCUT2D eigenvalue weighted by Crippen LogP contribution is -2.50. The third kappa shape index (κ3) is 3.19. The topological polar surface area (TPSA) is 61.4 Å². The summed E-state index contributed by atoms with van der Waals surface area (Å²) in [7, 11) is 0. The first-order valence-electron chi connectivity index (χ1n) is 6.51. The summed E-state index contributed by atoms with van der Waals surface area (Å²) in [6, 6.07) is 5.17. The molecule has 1 saturated carbocycles. The van der Waals surface area contributed by atoms with Crippen LogP contribution in [0.25, 0.3) is 0 Å². The lowest BCUT2D eigenvalue weighted by molar-refractivity contribution is 0.167. The van der Waals surface area contributed by atoms with E-state index in [4.69, 9.17) is 11.6 Å². The maximum atomic E-state index is 12.0. The molecule has 1 aliphatic rings. The molecule has 0 spiro atoms. The summed E-state index contributed by atoms with van der Waals surface area (Å²) in [4.78, 5) is 12.0. The molecule has 104 valence electrons. The van der Waals surface area contributed by atoms with Gasteiger partial charge in [0.1, 0.15) is 0 Å². The van der Waals surface area contributed by atoms with Crippen LogP contribution in [0, 0.1) is 6.92 Å². The van der Waals surface area contributed by atoms with Crippen LogP contribution in [0.5, 0.6) is 0 Å². The second-order valence-electron chi connectivity index (χ2n) is 5.16. The molecule has 3 N–H and O–H groups in total. The average Bonchev–Trinajstić information content (AvgIpc) is 2.84. The van der Waals surface area contributed by atoms with Gasteiger partial charge in [0, 0.05) is 0 Å². The first-order valence-corrected chi connectivity index (χ1v) is 6.89. The van der Waals surface area contributed by atoms with Gasteiger partial charge in [-0.05, 0) is 31.4 Å². The fraction of sp³-hybridized carbons (Fsp3) is 0.500. The maximum Gasteiger partial charge on any atom is 0.319 e. The van der Waals surface area contributed by atoms with E-state index in [1.54, 1.807) is 6.07 Å². The number of amides is 2. The van der Waals surface area contributed by atoms with E-state index in [2.05, 4.69) is 10.6 Å². The maximum absolute atomic E-state index is 12.0. The normalized spacial score (nSPS) is 17.2. The zero-order chi connectivity index (χ0) is 13.9. The second-order valence-corrected chi connectivity index (χ2v) is 5.54. The number of hydrogen-bond donors (Lipinski definition) is 3. The fourth-order valence-electron chi connectivity index (χ4n) is 2.51. The van der Waals surface area contributed by atoms with E-state index in [0.29, 0.717) is 10.7 Å². The van der Waals surface area contributed by atoms with Crippen LogP contribution < -0.4 is 10.6 Å². The Morgan fingerprint density at radius 2 is 2.11 bits per heavy atom. The largest absolute Gasteiger partial charge is 0.394 e. The van der Waals surface area contributed by atoms with Gasteiger partial charge in [0.2, 0.25) is 0 Å². The Labute approximate surface area is 118 Å². The number of benzene rings is 1. The van der Waals surface area contributed by atoms with Crippen molar-refractivity contribution in [1.29, 1.82) is 0 Å². The molecular formula is C14H19ClN2O2. The quantitative estimate of drug-likeness (QED) is 0.798. The number of rotatable bonds is 3. The third-order valence-corrected chi connectivity index (χ3v) is 4.18. The van der Waals surface area contributed by atoms with E-state index in [1.807, 2.05) is 19.1 Å². The molecule has 0 aliphatic heterocycles. The number of aliphatic hydroxyl groups is 1. The zero-order valence-electron chi connectivity index (χ0n) is 11.0. The Bertz CT molecular complexity index is 471. The smallest absolute Gasteiger partial charge is 0.319 e. The van der Waals surface area contributed by atoms with Crippen LogP contribution in [-0.2, 0) is 0 Å². The second kappa shape index (κ2) is 5.80. The van der Waals surface area contributed by atoms with Gasteiger partial charge in [0.15, 0.2) is 0 Å². The molecule has 1 fully saturated rings. The lowest BCUT2D eigenvalue weighted by Gasteiger charge is -2.28. The molecule has 2 amide bonds. The van der Waals surface area contributed by atoms with Gasteiger partial charge in [-0.25, -0.2) is 4.79 Å². The molecular weight excluding hydrogens is 264 g/mol. The predicted molar refractivity (Wildman–Crippen MR) is 76.6 cm³/mol. The fourth-order valence-corrected chi connectivity index (χ4v) is 2.69. The van der Waals surface area contributed by atoms with Crippen molar-refractivity contribution in [2.45, 2.75) is 38.1 Å². The number of carbonyl (C=O) groups is 1. The summed E-state index contributed by atoms with van der Waals surface area (Å²) in [5.74, 6) is 0. The number of carbonyl (C=O) groups excluding carboxylic acids is 1. The molecule has 0 bridgehead atoms. The van der Waals surface area contributed by atoms with E-state index in [1.165, 1.54) is 0 Å². The average molecular weight is 283 g/mol. The number of aryl methyl sites for hydroxylation is 1. The van der Waals surface area contributed by atoms with Crippen LogP contribution in [0.3, 0.4) is 0 Å². The van der Waals surface area contributed by atoms with Crippen LogP contribution in [0.1, 0.15) is 31.2 Å². The van der Waals surface area contributed by atoms with Crippen LogP contribution in [0.4, 0.5) is 10.5 Å². The zero-order valence-corrected chi connectivity index (χ0v) is 11.8. The first-order chi connectivity index (χ1) is 9.06. The summed E-state index contributed by atoms with van der Waals surface area (Å²) in [6.45, 7) is 1.86. The predicted octanol–water partition coefficient (Wildman–Crippen LogP) is 3.08. The minimum atomic E-state index is -0.472. The van der Waals surface area contributed by atoms with Crippen molar-refractivity contribution in [2.75, 3.05) is 11.9 Å². The number of halogens is 1. The van der Waals surface area contributed by atoms with Crippen molar-refractivity contribution in [3.63, 3.8) is 0 Å². The van der Waals surface area contributed by atoms with Crippen LogP contribution in [-0.4, -0.2) is 23.3 Å². The molecule has 0 saturated heterocycles. The molecule has 0 unspecified atom stereocenters. The Hall–Kier alpha value is -1.26. The van der Waals surface area contributed by atoms with Crippen molar-refractivity contribution >= 4 is 23.3 Å². The minimum Gasteiger partial charge on any atom is -0.394 e. The molecule has 4 nitrogen and oxygen atoms in total. The Morgan fingerprint density at radius 3 is 2.74 bits per heavy atom. The van der Waals surface area contributed by atoms with E-state index in [-0.39, 0.29) is 12.6 Å². The highest BCUT2D eigenvalue weighted by Crippen LogP contribution is 2.30. The highest BCUT2D eigenvalue weighted by Gasteiger charge is 2.34. The number of nitrogens with one attached hydrogen (secondary N) is 2. The Balaban J connectivity index is 2.03. The number of urea groups is 1. The molecule has 1 aliphatic carbocycles. The SMILES string of the molecule is Cc1cccc(NC(=O)NC2(CO)CCCC2)c1Cl. The van der Waals surface area contributed by atoms with Crippen molar-refractivity contribution in [3.05, 3.63) is 28.8 Å². The van der Waals surface area contributed by atoms with Gasteiger partial charge in [-0.2, -0.15) is 0 Å². The molecule has 0 heterocycles. The van der Waals surface area contributed by atoms with E-state index >= 15 is 0 Å². The molecule has 0 radical (unpaired) electrons. The molecule has 0 atom stereocenters. The van der Waals surface area contributed by atoms with Crippen LogP contribution in [0.2, 0.25) is 5.02 Å².